The van der Waals surface area contributed by atoms with E-state index in [9.17, 15) is 18.4 Å². The van der Waals surface area contributed by atoms with Gasteiger partial charge in [-0.1, -0.05) is 6.92 Å². The van der Waals surface area contributed by atoms with E-state index in [1.54, 1.807) is 31.2 Å². The third-order valence-corrected chi connectivity index (χ3v) is 3.37. The summed E-state index contributed by atoms with van der Waals surface area (Å²) in [5.74, 6) is -2.09. The summed E-state index contributed by atoms with van der Waals surface area (Å²) in [7, 11) is 0. The van der Waals surface area contributed by atoms with Gasteiger partial charge in [0, 0.05) is 23.7 Å². The molecule has 0 aliphatic heterocycles. The number of carbonyl (C=O) groups is 2. The van der Waals surface area contributed by atoms with E-state index < -0.39 is 23.6 Å². The molecule has 6 heteroatoms. The lowest BCUT2D eigenvalue weighted by atomic mass is 10.1. The number of Topliss-reactive ketones (excluding diaryl/α,β-unsaturated/α-hetero) is 1. The summed E-state index contributed by atoms with van der Waals surface area (Å²) in [4.78, 5) is 23.6. The first-order chi connectivity index (χ1) is 11.4. The Bertz CT molecular complexity index is 744. The van der Waals surface area contributed by atoms with E-state index in [4.69, 9.17) is 4.74 Å². The molecule has 126 valence electrons. The Morgan fingerprint density at radius 3 is 2.33 bits per heavy atom. The van der Waals surface area contributed by atoms with E-state index in [0.717, 1.165) is 12.1 Å². The minimum absolute atomic E-state index is 0.0191. The van der Waals surface area contributed by atoms with Gasteiger partial charge in [-0.25, -0.2) is 8.78 Å². The van der Waals surface area contributed by atoms with Crippen molar-refractivity contribution in [1.29, 1.82) is 0 Å². The van der Waals surface area contributed by atoms with E-state index in [1.165, 1.54) is 13.0 Å². The van der Waals surface area contributed by atoms with Crippen LogP contribution in [0.4, 0.5) is 14.5 Å². The SMILES string of the molecule is CCC(=O)c1ccc(OC(C)C(=O)Nc2ccc(F)c(F)c2)cc1. The number of ether oxygens (including phenoxy) is 1. The summed E-state index contributed by atoms with van der Waals surface area (Å²) in [6, 6.07) is 9.54. The van der Waals surface area contributed by atoms with Crippen LogP contribution in [0.25, 0.3) is 0 Å². The van der Waals surface area contributed by atoms with Crippen LogP contribution in [-0.4, -0.2) is 17.8 Å². The number of hydrogen-bond acceptors (Lipinski definition) is 3. The maximum atomic E-state index is 13.1. The fraction of sp³-hybridized carbons (Fsp3) is 0.222. The molecule has 2 aromatic rings. The fourth-order valence-electron chi connectivity index (χ4n) is 2.00. The number of ketones is 1. The molecule has 0 bridgehead atoms. The zero-order valence-electron chi connectivity index (χ0n) is 13.3. The second kappa shape index (κ2) is 7.68. The normalized spacial score (nSPS) is 11.7. The third kappa shape index (κ3) is 4.38. The second-order valence-electron chi connectivity index (χ2n) is 5.18. The number of nitrogens with one attached hydrogen (secondary N) is 1. The van der Waals surface area contributed by atoms with E-state index in [2.05, 4.69) is 5.32 Å². The topological polar surface area (TPSA) is 55.4 Å². The lowest BCUT2D eigenvalue weighted by molar-refractivity contribution is -0.122. The highest BCUT2D eigenvalue weighted by atomic mass is 19.2. The molecule has 4 nitrogen and oxygen atoms in total. The van der Waals surface area contributed by atoms with Gasteiger partial charge >= 0.3 is 0 Å². The van der Waals surface area contributed by atoms with Crippen molar-refractivity contribution in [3.8, 4) is 5.75 Å². The Kier molecular flexibility index (Phi) is 5.63. The first-order valence-corrected chi connectivity index (χ1v) is 7.46. The minimum atomic E-state index is -1.04. The number of amides is 1. The highest BCUT2D eigenvalue weighted by molar-refractivity contribution is 5.96. The molecule has 0 saturated carbocycles. The Balaban J connectivity index is 1.98. The predicted molar refractivity (Wildman–Crippen MR) is 86.1 cm³/mol. The predicted octanol–water partition coefficient (Wildman–Crippen LogP) is 3.96. The Hall–Kier alpha value is -2.76. The molecule has 0 aliphatic carbocycles. The lowest BCUT2D eigenvalue weighted by Gasteiger charge is -2.15. The van der Waals surface area contributed by atoms with Crippen molar-refractivity contribution in [2.75, 3.05) is 5.32 Å². The highest BCUT2D eigenvalue weighted by Gasteiger charge is 2.16. The van der Waals surface area contributed by atoms with Crippen LogP contribution in [0, 0.1) is 11.6 Å². The van der Waals surface area contributed by atoms with Crippen LogP contribution in [0.15, 0.2) is 42.5 Å². The molecule has 0 heterocycles. The molecule has 1 N–H and O–H groups in total. The van der Waals surface area contributed by atoms with Crippen LogP contribution >= 0.6 is 0 Å². The Morgan fingerprint density at radius 2 is 1.75 bits per heavy atom. The smallest absolute Gasteiger partial charge is 0.265 e. The number of carbonyl (C=O) groups excluding carboxylic acids is 2. The Labute approximate surface area is 138 Å². The molecule has 1 atom stereocenters. The Morgan fingerprint density at radius 1 is 1.08 bits per heavy atom. The molecule has 0 spiro atoms. The fourth-order valence-corrected chi connectivity index (χ4v) is 2.00. The highest BCUT2D eigenvalue weighted by Crippen LogP contribution is 2.17. The quantitative estimate of drug-likeness (QED) is 0.814. The van der Waals surface area contributed by atoms with E-state index >= 15 is 0 Å². The molecular weight excluding hydrogens is 316 g/mol. The first-order valence-electron chi connectivity index (χ1n) is 7.46. The average molecular weight is 333 g/mol. The van der Waals surface area contributed by atoms with E-state index in [1.807, 2.05) is 0 Å². The zero-order valence-corrected chi connectivity index (χ0v) is 13.3. The van der Waals surface area contributed by atoms with Gasteiger partial charge in [0.2, 0.25) is 0 Å². The van der Waals surface area contributed by atoms with Gasteiger partial charge in [-0.05, 0) is 43.3 Å². The summed E-state index contributed by atoms with van der Waals surface area (Å²) in [5.41, 5.74) is 0.710. The molecular formula is C18H17F2NO3. The van der Waals surface area contributed by atoms with Gasteiger partial charge in [-0.2, -0.15) is 0 Å². The maximum absolute atomic E-state index is 13.1. The van der Waals surface area contributed by atoms with Crippen molar-refractivity contribution >= 4 is 17.4 Å². The third-order valence-electron chi connectivity index (χ3n) is 3.37. The van der Waals surface area contributed by atoms with Crippen molar-refractivity contribution < 1.29 is 23.1 Å². The monoisotopic (exact) mass is 333 g/mol. The van der Waals surface area contributed by atoms with Crippen LogP contribution < -0.4 is 10.1 Å². The summed E-state index contributed by atoms with van der Waals surface area (Å²) in [5, 5.41) is 2.44. The first kappa shape index (κ1) is 17.6. The van der Waals surface area contributed by atoms with Crippen molar-refractivity contribution in [3.63, 3.8) is 0 Å². The largest absolute Gasteiger partial charge is 0.481 e. The van der Waals surface area contributed by atoms with Crippen LogP contribution in [0.2, 0.25) is 0 Å². The number of benzene rings is 2. The average Bonchev–Trinajstić information content (AvgIpc) is 2.58. The number of rotatable bonds is 6. The summed E-state index contributed by atoms with van der Waals surface area (Å²) in [6.45, 7) is 3.30. The van der Waals surface area contributed by atoms with Crippen LogP contribution in [0.3, 0.4) is 0 Å². The van der Waals surface area contributed by atoms with Crippen LogP contribution in [-0.2, 0) is 4.79 Å². The second-order valence-corrected chi connectivity index (χ2v) is 5.18. The van der Waals surface area contributed by atoms with Gasteiger partial charge in [0.1, 0.15) is 5.75 Å². The maximum Gasteiger partial charge on any atom is 0.265 e. The molecule has 2 rings (SSSR count). The molecule has 0 saturated heterocycles. The van der Waals surface area contributed by atoms with Gasteiger partial charge in [-0.15, -0.1) is 0 Å². The van der Waals surface area contributed by atoms with Crippen LogP contribution in [0.5, 0.6) is 5.75 Å². The van der Waals surface area contributed by atoms with Gasteiger partial charge in [0.25, 0.3) is 5.91 Å². The molecule has 1 unspecified atom stereocenters. The van der Waals surface area contributed by atoms with Crippen LogP contribution in [0.1, 0.15) is 30.6 Å². The number of anilines is 1. The van der Waals surface area contributed by atoms with Crippen molar-refractivity contribution in [1.82, 2.24) is 0 Å². The zero-order chi connectivity index (χ0) is 17.7. The lowest BCUT2D eigenvalue weighted by Crippen LogP contribution is -2.30. The molecule has 24 heavy (non-hydrogen) atoms. The minimum Gasteiger partial charge on any atom is -0.481 e. The molecule has 0 radical (unpaired) electrons. The molecule has 2 aromatic carbocycles. The van der Waals surface area contributed by atoms with E-state index in [0.29, 0.717) is 17.7 Å². The van der Waals surface area contributed by atoms with E-state index in [-0.39, 0.29) is 11.5 Å². The van der Waals surface area contributed by atoms with Gasteiger partial charge < -0.3 is 10.1 Å². The van der Waals surface area contributed by atoms with Gasteiger partial charge in [0.15, 0.2) is 23.5 Å². The van der Waals surface area contributed by atoms with Crippen molar-refractivity contribution in [3.05, 3.63) is 59.7 Å². The molecule has 0 aliphatic rings. The summed E-state index contributed by atoms with van der Waals surface area (Å²) >= 11 is 0. The van der Waals surface area contributed by atoms with Crippen molar-refractivity contribution in [2.24, 2.45) is 0 Å². The number of hydrogen-bond donors (Lipinski definition) is 1. The van der Waals surface area contributed by atoms with Gasteiger partial charge in [-0.3, -0.25) is 9.59 Å². The van der Waals surface area contributed by atoms with Gasteiger partial charge in [0.05, 0.1) is 0 Å². The van der Waals surface area contributed by atoms with Crippen molar-refractivity contribution in [2.45, 2.75) is 26.4 Å². The molecule has 1 amide bonds. The molecule has 0 aromatic heterocycles. The summed E-state index contributed by atoms with van der Waals surface area (Å²) in [6.07, 6.45) is -0.446. The number of halogens is 2. The summed E-state index contributed by atoms with van der Waals surface area (Å²) < 4.78 is 31.5. The molecule has 0 fully saturated rings. The standard InChI is InChI=1S/C18H17F2NO3/c1-3-17(22)12-4-7-14(8-5-12)24-11(2)18(23)21-13-6-9-15(19)16(20)10-13/h4-11H,3H2,1-2H3,(H,21,23).